The smallest absolute Gasteiger partial charge is 0.348 e. The van der Waals surface area contributed by atoms with E-state index in [2.05, 4.69) is 15.3 Å². The largest absolute Gasteiger partial charge is 0.494 e. The lowest BCUT2D eigenvalue weighted by Crippen LogP contribution is -2.09. The number of methoxy groups -OCH3 is 1. The van der Waals surface area contributed by atoms with E-state index < -0.39 is 11.9 Å². The number of esters is 2. The average Bonchev–Trinajstić information content (AvgIpc) is 3.06. The zero-order chi connectivity index (χ0) is 21.7. The van der Waals surface area contributed by atoms with E-state index in [0.29, 0.717) is 33.3 Å². The summed E-state index contributed by atoms with van der Waals surface area (Å²) < 4.78 is 15.4. The van der Waals surface area contributed by atoms with Gasteiger partial charge >= 0.3 is 11.9 Å². The number of benzene rings is 1. The van der Waals surface area contributed by atoms with Gasteiger partial charge in [-0.2, -0.15) is 0 Å². The lowest BCUT2D eigenvalue weighted by atomic mass is 10.2. The van der Waals surface area contributed by atoms with Crippen molar-refractivity contribution in [2.45, 2.75) is 27.2 Å². The maximum absolute atomic E-state index is 12.3. The Morgan fingerprint density at radius 1 is 1.10 bits per heavy atom. The molecule has 0 saturated heterocycles. The van der Waals surface area contributed by atoms with Gasteiger partial charge in [0, 0.05) is 5.69 Å². The van der Waals surface area contributed by atoms with Gasteiger partial charge in [0.15, 0.2) is 0 Å². The average molecular weight is 429 g/mol. The summed E-state index contributed by atoms with van der Waals surface area (Å²) in [5.74, 6) is 0.727. The number of nitrogens with one attached hydrogen (secondary N) is 1. The number of fused-ring (bicyclic) bond motifs is 1. The zero-order valence-electron chi connectivity index (χ0n) is 17.3. The van der Waals surface area contributed by atoms with Crippen molar-refractivity contribution < 1.29 is 23.8 Å². The molecule has 0 aliphatic heterocycles. The number of thiophene rings is 1. The Balaban J connectivity index is 2.06. The molecule has 3 aromatic rings. The molecule has 2 heterocycles. The van der Waals surface area contributed by atoms with E-state index in [0.717, 1.165) is 17.0 Å². The number of aromatic nitrogens is 2. The topological polar surface area (TPSA) is 99.6 Å². The molecule has 0 bridgehead atoms. The number of carbonyl (C=O) groups excluding carboxylic acids is 2. The first-order valence-corrected chi connectivity index (χ1v) is 10.3. The van der Waals surface area contributed by atoms with Gasteiger partial charge in [-0.15, -0.1) is 11.3 Å². The number of carbonyl (C=O) groups is 2. The van der Waals surface area contributed by atoms with Crippen molar-refractivity contribution in [3.8, 4) is 5.75 Å². The standard InChI is InChI=1S/C21H23N3O5S/c1-5-28-14-9-7-13(8-10-14)22-19-17-12(3)18(21(26)29-6-2)30-20(17)24-15(23-19)11-16(25)27-4/h7-10H,5-6,11H2,1-4H3,(H,22,23,24). The fourth-order valence-electron chi connectivity index (χ4n) is 2.88. The number of hydrogen-bond acceptors (Lipinski definition) is 9. The van der Waals surface area contributed by atoms with Crippen molar-refractivity contribution in [2.24, 2.45) is 0 Å². The van der Waals surface area contributed by atoms with Crippen LogP contribution in [0.3, 0.4) is 0 Å². The summed E-state index contributed by atoms with van der Waals surface area (Å²) in [4.78, 5) is 34.1. The van der Waals surface area contributed by atoms with Crippen molar-refractivity contribution in [3.05, 3.63) is 40.5 Å². The highest BCUT2D eigenvalue weighted by Gasteiger charge is 2.22. The highest BCUT2D eigenvalue weighted by Crippen LogP contribution is 2.35. The number of ether oxygens (including phenoxy) is 3. The third kappa shape index (κ3) is 4.68. The van der Waals surface area contributed by atoms with Gasteiger partial charge in [-0.25, -0.2) is 14.8 Å². The number of nitrogens with zero attached hydrogens (tertiary/aromatic N) is 2. The van der Waals surface area contributed by atoms with Crippen LogP contribution in [0.1, 0.15) is 34.9 Å². The summed E-state index contributed by atoms with van der Waals surface area (Å²) in [6.45, 7) is 6.38. The molecule has 3 rings (SSSR count). The minimum absolute atomic E-state index is 0.0733. The van der Waals surface area contributed by atoms with Gasteiger partial charge in [0.25, 0.3) is 0 Å². The van der Waals surface area contributed by atoms with Crippen molar-refractivity contribution in [1.29, 1.82) is 0 Å². The summed E-state index contributed by atoms with van der Waals surface area (Å²) in [5, 5.41) is 3.98. The number of rotatable bonds is 8. The molecule has 0 spiro atoms. The Morgan fingerprint density at radius 3 is 2.47 bits per heavy atom. The quantitative estimate of drug-likeness (QED) is 0.536. The number of hydrogen-bond donors (Lipinski definition) is 1. The predicted molar refractivity (Wildman–Crippen MR) is 115 cm³/mol. The van der Waals surface area contributed by atoms with Gasteiger partial charge in [-0.05, 0) is 50.6 Å². The summed E-state index contributed by atoms with van der Waals surface area (Å²) in [6.07, 6.45) is -0.0733. The molecule has 0 fully saturated rings. The van der Waals surface area contributed by atoms with Crippen LogP contribution in [0.2, 0.25) is 0 Å². The molecule has 0 atom stereocenters. The van der Waals surface area contributed by atoms with E-state index in [1.54, 1.807) is 6.92 Å². The monoisotopic (exact) mass is 429 g/mol. The predicted octanol–water partition coefficient (Wildman–Crippen LogP) is 4.03. The zero-order valence-corrected chi connectivity index (χ0v) is 18.1. The Kier molecular flexibility index (Phi) is 6.83. The molecule has 0 unspecified atom stereocenters. The first-order chi connectivity index (χ1) is 14.5. The summed E-state index contributed by atoms with van der Waals surface area (Å²) in [6, 6.07) is 7.44. The van der Waals surface area contributed by atoms with Crippen LogP contribution in [-0.2, 0) is 20.7 Å². The Hall–Kier alpha value is -3.20. The van der Waals surface area contributed by atoms with Crippen molar-refractivity contribution in [3.63, 3.8) is 0 Å². The molecule has 8 nitrogen and oxygen atoms in total. The summed E-state index contributed by atoms with van der Waals surface area (Å²) in [7, 11) is 1.31. The Morgan fingerprint density at radius 2 is 1.83 bits per heavy atom. The first kappa shape index (κ1) is 21.5. The third-order valence-electron chi connectivity index (χ3n) is 4.26. The van der Waals surface area contributed by atoms with E-state index in [1.807, 2.05) is 38.1 Å². The second kappa shape index (κ2) is 9.53. The SMILES string of the molecule is CCOC(=O)c1sc2nc(CC(=O)OC)nc(Nc3ccc(OCC)cc3)c2c1C. The normalized spacial score (nSPS) is 10.7. The van der Waals surface area contributed by atoms with Crippen LogP contribution in [0.15, 0.2) is 24.3 Å². The molecule has 30 heavy (non-hydrogen) atoms. The summed E-state index contributed by atoms with van der Waals surface area (Å²) in [5.41, 5.74) is 1.51. The summed E-state index contributed by atoms with van der Waals surface area (Å²) >= 11 is 1.22. The van der Waals surface area contributed by atoms with Gasteiger partial charge in [0.2, 0.25) is 0 Å². The van der Waals surface area contributed by atoms with Gasteiger partial charge in [0.1, 0.15) is 33.5 Å². The molecule has 0 aliphatic rings. The van der Waals surface area contributed by atoms with Crippen LogP contribution in [0, 0.1) is 6.92 Å². The molecule has 0 amide bonds. The van der Waals surface area contributed by atoms with Crippen LogP contribution in [0.5, 0.6) is 5.75 Å². The maximum atomic E-state index is 12.3. The lowest BCUT2D eigenvalue weighted by Gasteiger charge is -2.10. The molecule has 0 saturated carbocycles. The van der Waals surface area contributed by atoms with Crippen molar-refractivity contribution in [2.75, 3.05) is 25.6 Å². The molecule has 158 valence electrons. The van der Waals surface area contributed by atoms with Gasteiger partial charge in [-0.3, -0.25) is 4.79 Å². The van der Waals surface area contributed by atoms with Gasteiger partial charge in [0.05, 0.1) is 25.7 Å². The van der Waals surface area contributed by atoms with Crippen LogP contribution in [0.4, 0.5) is 11.5 Å². The van der Waals surface area contributed by atoms with E-state index in [1.165, 1.54) is 18.4 Å². The van der Waals surface area contributed by atoms with Crippen LogP contribution >= 0.6 is 11.3 Å². The van der Waals surface area contributed by atoms with E-state index in [-0.39, 0.29) is 13.0 Å². The lowest BCUT2D eigenvalue weighted by molar-refractivity contribution is -0.139. The maximum Gasteiger partial charge on any atom is 0.348 e. The van der Waals surface area contributed by atoms with Crippen LogP contribution < -0.4 is 10.1 Å². The van der Waals surface area contributed by atoms with Crippen LogP contribution in [-0.4, -0.2) is 42.2 Å². The van der Waals surface area contributed by atoms with E-state index in [9.17, 15) is 9.59 Å². The Labute approximate surface area is 178 Å². The molecule has 2 aromatic heterocycles. The third-order valence-corrected chi connectivity index (χ3v) is 5.42. The molecule has 0 aliphatic carbocycles. The number of anilines is 2. The van der Waals surface area contributed by atoms with Gasteiger partial charge < -0.3 is 19.5 Å². The highest BCUT2D eigenvalue weighted by atomic mass is 32.1. The van der Waals surface area contributed by atoms with Crippen molar-refractivity contribution in [1.82, 2.24) is 9.97 Å². The fraction of sp³-hybridized carbons (Fsp3) is 0.333. The minimum Gasteiger partial charge on any atom is -0.494 e. The van der Waals surface area contributed by atoms with E-state index in [4.69, 9.17) is 14.2 Å². The van der Waals surface area contributed by atoms with Gasteiger partial charge in [-0.1, -0.05) is 0 Å². The fourth-order valence-corrected chi connectivity index (χ4v) is 3.98. The minimum atomic E-state index is -0.444. The molecular formula is C21H23N3O5S. The van der Waals surface area contributed by atoms with E-state index >= 15 is 0 Å². The number of aryl methyl sites for hydroxylation is 1. The molecule has 9 heteroatoms. The molecule has 1 N–H and O–H groups in total. The Bertz CT molecular complexity index is 1060. The second-order valence-corrected chi connectivity index (χ2v) is 7.28. The van der Waals surface area contributed by atoms with Crippen molar-refractivity contribution >= 4 is 45.0 Å². The second-order valence-electron chi connectivity index (χ2n) is 6.28. The highest BCUT2D eigenvalue weighted by molar-refractivity contribution is 7.20. The first-order valence-electron chi connectivity index (χ1n) is 9.50. The van der Waals surface area contributed by atoms with Crippen LogP contribution in [0.25, 0.3) is 10.2 Å². The molecule has 1 aromatic carbocycles. The molecular weight excluding hydrogens is 406 g/mol. The molecule has 0 radical (unpaired) electrons.